The normalized spacial score (nSPS) is 12.8. The summed E-state index contributed by atoms with van der Waals surface area (Å²) in [6.07, 6.45) is 2.66. The number of hydrogen-bond donors (Lipinski definition) is 3. The van der Waals surface area contributed by atoms with Crippen molar-refractivity contribution < 1.29 is 12.9 Å². The monoisotopic (exact) mass is 377 g/mol. The van der Waals surface area contributed by atoms with Gasteiger partial charge in [0, 0.05) is 18.4 Å². The molecule has 0 bridgehead atoms. The number of para-hydroxylation sites is 1. The maximum absolute atomic E-state index is 10.4. The van der Waals surface area contributed by atoms with Crippen molar-refractivity contribution in [1.82, 2.24) is 19.9 Å². The van der Waals surface area contributed by atoms with Gasteiger partial charge in [-0.25, -0.2) is 9.97 Å². The van der Waals surface area contributed by atoms with Crippen LogP contribution in [0.3, 0.4) is 0 Å². The predicted molar refractivity (Wildman–Crippen MR) is 103 cm³/mol. The Labute approximate surface area is 154 Å². The van der Waals surface area contributed by atoms with Gasteiger partial charge < -0.3 is 10.3 Å². The van der Waals surface area contributed by atoms with E-state index in [4.69, 9.17) is 15.3 Å². The number of nitrogens with one attached hydrogen (secondary N) is 1. The number of fused-ring (bicyclic) bond motifs is 3. The molecule has 1 atom stereocenters. The molecule has 4 N–H and O–H groups in total. The van der Waals surface area contributed by atoms with E-state index in [2.05, 4.69) is 32.0 Å². The van der Waals surface area contributed by atoms with E-state index in [-0.39, 0.29) is 6.73 Å². The zero-order valence-electron chi connectivity index (χ0n) is 14.6. The number of hydrogen-bond acceptors (Lipinski definition) is 6. The SMILES string of the molecule is CCc1nc2c(N)nc3ccccc3c2n1CCCCNCOS(=O)O. The topological polar surface area (TPSA) is 115 Å². The van der Waals surface area contributed by atoms with Crippen molar-refractivity contribution >= 4 is 39.1 Å². The van der Waals surface area contributed by atoms with Crippen molar-refractivity contribution in [1.29, 1.82) is 0 Å². The Morgan fingerprint density at radius 3 is 2.88 bits per heavy atom. The van der Waals surface area contributed by atoms with Gasteiger partial charge in [-0.15, -0.1) is 0 Å². The summed E-state index contributed by atoms with van der Waals surface area (Å²) in [6.45, 7) is 3.67. The van der Waals surface area contributed by atoms with Crippen LogP contribution >= 0.6 is 0 Å². The number of nitrogens with two attached hydrogens (primary N) is 1. The lowest BCUT2D eigenvalue weighted by atomic mass is 10.2. The molecule has 0 aliphatic carbocycles. The summed E-state index contributed by atoms with van der Waals surface area (Å²) in [4.78, 5) is 9.18. The van der Waals surface area contributed by atoms with Crippen LogP contribution in [0, 0.1) is 0 Å². The molecule has 0 spiro atoms. The largest absolute Gasteiger partial charge is 0.382 e. The third-order valence-corrected chi connectivity index (χ3v) is 4.57. The van der Waals surface area contributed by atoms with E-state index < -0.39 is 11.4 Å². The van der Waals surface area contributed by atoms with Gasteiger partial charge in [-0.3, -0.25) is 14.1 Å². The minimum absolute atomic E-state index is 0.0597. The average molecular weight is 377 g/mol. The molecule has 8 nitrogen and oxygen atoms in total. The molecule has 0 saturated carbocycles. The molecule has 26 heavy (non-hydrogen) atoms. The van der Waals surface area contributed by atoms with Gasteiger partial charge in [-0.2, -0.15) is 4.21 Å². The number of aryl methyl sites for hydroxylation is 2. The molecule has 3 rings (SSSR count). The molecule has 140 valence electrons. The van der Waals surface area contributed by atoms with E-state index >= 15 is 0 Å². The van der Waals surface area contributed by atoms with Gasteiger partial charge in [0.25, 0.3) is 0 Å². The van der Waals surface area contributed by atoms with Crippen LogP contribution in [-0.2, 0) is 28.5 Å². The molecular weight excluding hydrogens is 354 g/mol. The van der Waals surface area contributed by atoms with E-state index in [1.54, 1.807) is 0 Å². The van der Waals surface area contributed by atoms with E-state index in [1.807, 2.05) is 18.2 Å². The smallest absolute Gasteiger partial charge is 0.303 e. The lowest BCUT2D eigenvalue weighted by Crippen LogP contribution is -2.20. The van der Waals surface area contributed by atoms with Crippen LogP contribution in [0.4, 0.5) is 5.82 Å². The highest BCUT2D eigenvalue weighted by molar-refractivity contribution is 7.74. The molecule has 0 amide bonds. The molecule has 1 unspecified atom stereocenters. The van der Waals surface area contributed by atoms with E-state index in [0.29, 0.717) is 12.4 Å². The lowest BCUT2D eigenvalue weighted by molar-refractivity contribution is 0.277. The molecule has 0 radical (unpaired) electrons. The standard InChI is InChI=1S/C17H23N5O3S/c1-2-14-21-15-16(12-7-3-4-8-13(12)20-17(15)18)22(14)10-6-5-9-19-11-25-26(23)24/h3-4,7-8,19H,2,5-6,9-11H2,1H3,(H2,18,20)(H,23,24). The fourth-order valence-corrected chi connectivity index (χ4v) is 3.28. The van der Waals surface area contributed by atoms with Gasteiger partial charge in [0.2, 0.25) is 0 Å². The second-order valence-electron chi connectivity index (χ2n) is 5.93. The van der Waals surface area contributed by atoms with Crippen LogP contribution in [-0.4, -0.2) is 36.6 Å². The summed E-state index contributed by atoms with van der Waals surface area (Å²) in [5.74, 6) is 1.46. The molecule has 9 heteroatoms. The number of anilines is 1. The predicted octanol–water partition coefficient (Wildman–Crippen LogP) is 2.21. The molecular formula is C17H23N5O3S. The molecule has 0 aliphatic rings. The minimum atomic E-state index is -2.23. The summed E-state index contributed by atoms with van der Waals surface area (Å²) in [6, 6.07) is 7.96. The molecule has 2 aromatic heterocycles. The van der Waals surface area contributed by atoms with Crippen molar-refractivity contribution in [2.24, 2.45) is 0 Å². The molecule has 0 aliphatic heterocycles. The second kappa shape index (κ2) is 8.54. The Morgan fingerprint density at radius 1 is 1.31 bits per heavy atom. The van der Waals surface area contributed by atoms with Crippen molar-refractivity contribution in [3.63, 3.8) is 0 Å². The van der Waals surface area contributed by atoms with E-state index in [1.165, 1.54) is 0 Å². The highest BCUT2D eigenvalue weighted by Crippen LogP contribution is 2.29. The van der Waals surface area contributed by atoms with Gasteiger partial charge >= 0.3 is 11.4 Å². The Morgan fingerprint density at radius 2 is 2.12 bits per heavy atom. The van der Waals surface area contributed by atoms with Crippen LogP contribution in [0.2, 0.25) is 0 Å². The number of benzene rings is 1. The second-order valence-corrected chi connectivity index (χ2v) is 6.60. The fourth-order valence-electron chi connectivity index (χ4n) is 3.10. The Balaban J connectivity index is 1.78. The number of nitrogen functional groups attached to an aromatic ring is 1. The summed E-state index contributed by atoms with van der Waals surface area (Å²) in [5.41, 5.74) is 8.81. The average Bonchev–Trinajstić information content (AvgIpc) is 3.00. The van der Waals surface area contributed by atoms with Crippen LogP contribution in [0.15, 0.2) is 24.3 Å². The molecule has 0 fully saturated rings. The summed E-state index contributed by atoms with van der Waals surface area (Å²) in [5, 5.41) is 4.03. The van der Waals surface area contributed by atoms with Crippen molar-refractivity contribution in [2.45, 2.75) is 32.7 Å². The molecule has 1 aromatic carbocycles. The van der Waals surface area contributed by atoms with Crippen LogP contribution in [0.1, 0.15) is 25.6 Å². The maximum Gasteiger partial charge on any atom is 0.303 e. The number of unbranched alkanes of at least 4 members (excludes halogenated alkanes) is 1. The maximum atomic E-state index is 10.4. The van der Waals surface area contributed by atoms with Crippen molar-refractivity contribution in [2.75, 3.05) is 19.0 Å². The first-order valence-corrected chi connectivity index (χ1v) is 9.63. The van der Waals surface area contributed by atoms with Crippen LogP contribution in [0.5, 0.6) is 0 Å². The van der Waals surface area contributed by atoms with Gasteiger partial charge in [-0.1, -0.05) is 25.1 Å². The number of nitrogens with zero attached hydrogens (tertiary/aromatic N) is 3. The van der Waals surface area contributed by atoms with E-state index in [9.17, 15) is 4.21 Å². The quantitative estimate of drug-likeness (QED) is 0.297. The molecule has 2 heterocycles. The lowest BCUT2D eigenvalue weighted by Gasteiger charge is -2.10. The van der Waals surface area contributed by atoms with E-state index in [0.717, 1.165) is 53.6 Å². The fraction of sp³-hybridized carbons (Fsp3) is 0.412. The highest BCUT2D eigenvalue weighted by atomic mass is 32.2. The van der Waals surface area contributed by atoms with Gasteiger partial charge in [-0.05, 0) is 25.5 Å². The number of rotatable bonds is 9. The molecule has 0 saturated heterocycles. The Hall–Kier alpha value is -2.07. The van der Waals surface area contributed by atoms with Gasteiger partial charge in [0.15, 0.2) is 5.82 Å². The first kappa shape index (κ1) is 18.7. The third-order valence-electron chi connectivity index (χ3n) is 4.25. The van der Waals surface area contributed by atoms with Crippen LogP contribution < -0.4 is 11.1 Å². The highest BCUT2D eigenvalue weighted by Gasteiger charge is 2.15. The third kappa shape index (κ3) is 4.01. The zero-order chi connectivity index (χ0) is 18.5. The van der Waals surface area contributed by atoms with Crippen LogP contribution in [0.25, 0.3) is 21.9 Å². The van der Waals surface area contributed by atoms with Gasteiger partial charge in [0.1, 0.15) is 18.1 Å². The summed E-state index contributed by atoms with van der Waals surface area (Å²) >= 11 is -2.23. The Kier molecular flexibility index (Phi) is 6.15. The Bertz CT molecular complexity index is 928. The minimum Gasteiger partial charge on any atom is -0.382 e. The first-order valence-electron chi connectivity index (χ1n) is 8.60. The first-order chi connectivity index (χ1) is 12.6. The zero-order valence-corrected chi connectivity index (χ0v) is 15.5. The molecule has 3 aromatic rings. The van der Waals surface area contributed by atoms with Crippen molar-refractivity contribution in [3.05, 3.63) is 30.1 Å². The number of imidazole rings is 1. The van der Waals surface area contributed by atoms with Crippen molar-refractivity contribution in [3.8, 4) is 0 Å². The van der Waals surface area contributed by atoms with Gasteiger partial charge in [0.05, 0.1) is 11.0 Å². The number of pyridine rings is 1. The number of aromatic nitrogens is 3. The summed E-state index contributed by atoms with van der Waals surface area (Å²) < 4.78 is 25.7. The summed E-state index contributed by atoms with van der Waals surface area (Å²) in [7, 11) is 0.